The number of hydrogen-bond acceptors (Lipinski definition) is 4. The number of urea groups is 1. The molecule has 0 saturated carbocycles. The van der Waals surface area contributed by atoms with Crippen LogP contribution in [-0.4, -0.2) is 24.1 Å². The zero-order valence-corrected chi connectivity index (χ0v) is 5.71. The minimum absolute atomic E-state index is 0.416. The molecule has 0 heterocycles. The summed E-state index contributed by atoms with van der Waals surface area (Å²) in [4.78, 5) is 10.5. The molecule has 0 radical (unpaired) electrons. The average molecular weight is 147 g/mol. The molecule has 0 aliphatic rings. The topological polar surface area (TPSA) is 110 Å². The van der Waals surface area contributed by atoms with E-state index in [2.05, 4.69) is 0 Å². The summed E-state index contributed by atoms with van der Waals surface area (Å²) >= 11 is 0. The van der Waals surface area contributed by atoms with Crippen LogP contribution in [0.5, 0.6) is 0 Å². The van der Waals surface area contributed by atoms with Crippen molar-refractivity contribution in [1.29, 1.82) is 0 Å². The van der Waals surface area contributed by atoms with Gasteiger partial charge in [0.2, 0.25) is 0 Å². The molecule has 0 bridgehead atoms. The number of carbonyl (C=O) groups is 1. The quantitative estimate of drug-likeness (QED) is 0.212. The Morgan fingerprint density at radius 1 is 1.60 bits per heavy atom. The monoisotopic (exact) mass is 147 g/mol. The number of amides is 2. The molecule has 6 heteroatoms. The van der Waals surface area contributed by atoms with E-state index in [-0.39, 0.29) is 0 Å². The Hall–Kier alpha value is -0.850. The molecule has 0 aliphatic carbocycles. The number of nitrogens with two attached hydrogens (primary N) is 3. The van der Waals surface area contributed by atoms with Gasteiger partial charge < -0.3 is 5.73 Å². The zero-order chi connectivity index (χ0) is 7.98. The summed E-state index contributed by atoms with van der Waals surface area (Å²) in [5, 5.41) is 0.979. The van der Waals surface area contributed by atoms with E-state index >= 15 is 0 Å². The standard InChI is InChI=1S/C4H13N5O/c5-2-1-3-9(7)4(10)8-6/h1-3,5-7H2,(H,8,10). The van der Waals surface area contributed by atoms with Crippen molar-refractivity contribution in [3.63, 3.8) is 0 Å². The fourth-order valence-electron chi connectivity index (χ4n) is 0.446. The molecule has 0 saturated heterocycles. The van der Waals surface area contributed by atoms with Gasteiger partial charge in [0, 0.05) is 6.54 Å². The van der Waals surface area contributed by atoms with E-state index in [9.17, 15) is 4.79 Å². The summed E-state index contributed by atoms with van der Waals surface area (Å²) in [7, 11) is 0. The molecule has 0 spiro atoms. The van der Waals surface area contributed by atoms with Crippen LogP contribution in [0, 0.1) is 0 Å². The van der Waals surface area contributed by atoms with E-state index in [0.717, 1.165) is 5.01 Å². The van der Waals surface area contributed by atoms with Gasteiger partial charge in [-0.15, -0.1) is 0 Å². The van der Waals surface area contributed by atoms with Crippen molar-refractivity contribution in [2.24, 2.45) is 17.4 Å². The highest BCUT2D eigenvalue weighted by Crippen LogP contribution is 1.80. The molecule has 6 nitrogen and oxygen atoms in total. The molecule has 0 aromatic heterocycles. The third kappa shape index (κ3) is 3.23. The average Bonchev–Trinajstić information content (AvgIpc) is 1.98. The molecule has 0 atom stereocenters. The first-order chi connectivity index (χ1) is 4.72. The van der Waals surface area contributed by atoms with Crippen molar-refractivity contribution in [3.05, 3.63) is 0 Å². The van der Waals surface area contributed by atoms with Crippen LogP contribution in [0.25, 0.3) is 0 Å². The maximum atomic E-state index is 10.5. The Kier molecular flexibility index (Phi) is 4.55. The predicted octanol–water partition coefficient (Wildman–Crippen LogP) is -1.91. The Morgan fingerprint density at radius 3 is 2.60 bits per heavy atom. The first-order valence-electron chi connectivity index (χ1n) is 2.95. The third-order valence-electron chi connectivity index (χ3n) is 0.987. The lowest BCUT2D eigenvalue weighted by molar-refractivity contribution is 0.199. The Balaban J connectivity index is 3.41. The fraction of sp³-hybridized carbons (Fsp3) is 0.750. The Bertz CT molecular complexity index is 106. The molecule has 0 aliphatic heterocycles. The van der Waals surface area contributed by atoms with Crippen LogP contribution in [0.3, 0.4) is 0 Å². The normalized spacial score (nSPS) is 9.10. The van der Waals surface area contributed by atoms with Gasteiger partial charge in [-0.2, -0.15) is 0 Å². The highest BCUT2D eigenvalue weighted by Gasteiger charge is 2.03. The molecule has 0 rings (SSSR count). The first-order valence-corrected chi connectivity index (χ1v) is 2.95. The van der Waals surface area contributed by atoms with Crippen molar-refractivity contribution in [2.45, 2.75) is 6.42 Å². The van der Waals surface area contributed by atoms with Gasteiger partial charge in [0.25, 0.3) is 0 Å². The summed E-state index contributed by atoms with van der Waals surface area (Å²) in [5.41, 5.74) is 7.07. The number of nitrogens with one attached hydrogen (secondary N) is 1. The molecule has 60 valence electrons. The summed E-state index contributed by atoms with van der Waals surface area (Å²) in [6, 6.07) is -0.506. The van der Waals surface area contributed by atoms with E-state index in [0.29, 0.717) is 19.5 Å². The molecule has 0 unspecified atom stereocenters. The summed E-state index contributed by atoms with van der Waals surface area (Å²) in [6.07, 6.45) is 0.671. The number of hydrazine groups is 2. The van der Waals surface area contributed by atoms with Crippen molar-refractivity contribution in [1.82, 2.24) is 10.4 Å². The van der Waals surface area contributed by atoms with Gasteiger partial charge >= 0.3 is 6.03 Å². The second kappa shape index (κ2) is 4.98. The van der Waals surface area contributed by atoms with Crippen LogP contribution in [-0.2, 0) is 0 Å². The van der Waals surface area contributed by atoms with E-state index in [1.165, 1.54) is 0 Å². The second-order valence-corrected chi connectivity index (χ2v) is 1.79. The van der Waals surface area contributed by atoms with E-state index < -0.39 is 6.03 Å². The highest BCUT2D eigenvalue weighted by atomic mass is 16.2. The van der Waals surface area contributed by atoms with Crippen LogP contribution in [0.15, 0.2) is 0 Å². The van der Waals surface area contributed by atoms with Crippen molar-refractivity contribution in [2.75, 3.05) is 13.1 Å². The SMILES string of the molecule is NCCCN(N)C(=O)NN. The van der Waals surface area contributed by atoms with Gasteiger partial charge in [-0.25, -0.2) is 16.5 Å². The lowest BCUT2D eigenvalue weighted by Crippen LogP contribution is -2.48. The molecule has 7 N–H and O–H groups in total. The molecular weight excluding hydrogens is 134 g/mol. The van der Waals surface area contributed by atoms with Crippen molar-refractivity contribution in [3.8, 4) is 0 Å². The lowest BCUT2D eigenvalue weighted by Gasteiger charge is -2.14. The molecule has 0 fully saturated rings. The predicted molar refractivity (Wildman–Crippen MR) is 37.3 cm³/mol. The van der Waals surface area contributed by atoms with Gasteiger partial charge in [-0.05, 0) is 13.0 Å². The Labute approximate surface area is 59.3 Å². The third-order valence-corrected chi connectivity index (χ3v) is 0.987. The van der Waals surface area contributed by atoms with Crippen LogP contribution < -0.4 is 22.8 Å². The maximum Gasteiger partial charge on any atom is 0.345 e. The van der Waals surface area contributed by atoms with Crippen molar-refractivity contribution >= 4 is 6.03 Å². The lowest BCUT2D eigenvalue weighted by atomic mass is 10.4. The maximum absolute atomic E-state index is 10.5. The van der Waals surface area contributed by atoms with Crippen LogP contribution in [0.1, 0.15) is 6.42 Å². The first kappa shape index (κ1) is 9.15. The number of carbonyl (C=O) groups excluding carboxylic acids is 1. The summed E-state index contributed by atoms with van der Waals surface area (Å²) in [6.45, 7) is 0.922. The minimum atomic E-state index is -0.506. The summed E-state index contributed by atoms with van der Waals surface area (Å²) < 4.78 is 0. The molecular formula is C4H13N5O. The minimum Gasteiger partial charge on any atom is -0.330 e. The Morgan fingerprint density at radius 2 is 2.20 bits per heavy atom. The zero-order valence-electron chi connectivity index (χ0n) is 5.71. The van der Waals surface area contributed by atoms with Gasteiger partial charge in [-0.1, -0.05) is 0 Å². The van der Waals surface area contributed by atoms with Crippen molar-refractivity contribution < 1.29 is 4.79 Å². The smallest absolute Gasteiger partial charge is 0.330 e. The number of nitrogens with zero attached hydrogens (tertiary/aromatic N) is 1. The second-order valence-electron chi connectivity index (χ2n) is 1.79. The van der Waals surface area contributed by atoms with Gasteiger partial charge in [-0.3, -0.25) is 10.4 Å². The van der Waals surface area contributed by atoms with Crippen LogP contribution >= 0.6 is 0 Å². The van der Waals surface area contributed by atoms with E-state index in [1.54, 1.807) is 0 Å². The molecule has 10 heavy (non-hydrogen) atoms. The van der Waals surface area contributed by atoms with E-state index in [4.69, 9.17) is 17.4 Å². The largest absolute Gasteiger partial charge is 0.345 e. The molecule has 0 aromatic carbocycles. The van der Waals surface area contributed by atoms with Gasteiger partial charge in [0.15, 0.2) is 0 Å². The van der Waals surface area contributed by atoms with Crippen LogP contribution in [0.2, 0.25) is 0 Å². The fourth-order valence-corrected chi connectivity index (χ4v) is 0.446. The van der Waals surface area contributed by atoms with E-state index in [1.807, 2.05) is 5.43 Å². The summed E-state index contributed by atoms with van der Waals surface area (Å²) in [5.74, 6) is 9.99. The molecule has 0 aromatic rings. The van der Waals surface area contributed by atoms with Gasteiger partial charge in [0.05, 0.1) is 0 Å². The number of hydrogen-bond donors (Lipinski definition) is 4. The van der Waals surface area contributed by atoms with Crippen LogP contribution in [0.4, 0.5) is 4.79 Å². The molecule has 2 amide bonds. The highest BCUT2D eigenvalue weighted by molar-refractivity contribution is 5.72. The number of rotatable bonds is 3. The van der Waals surface area contributed by atoms with Gasteiger partial charge in [0.1, 0.15) is 0 Å².